The molecule has 2 heterocycles. The van der Waals surface area contributed by atoms with Crippen molar-refractivity contribution in [3.63, 3.8) is 0 Å². The van der Waals surface area contributed by atoms with E-state index in [0.717, 1.165) is 33.8 Å². The van der Waals surface area contributed by atoms with Gasteiger partial charge < -0.3 is 4.57 Å². The normalized spacial score (nSPS) is 16.1. The van der Waals surface area contributed by atoms with E-state index in [2.05, 4.69) is 202 Å². The van der Waals surface area contributed by atoms with Crippen LogP contribution in [-0.2, 0) is 5.41 Å². The Morgan fingerprint density at radius 3 is 2.00 bits per heavy atom. The molecule has 0 radical (unpaired) electrons. The first kappa shape index (κ1) is 33.0. The minimum Gasteiger partial charge on any atom is -0.309 e. The smallest absolute Gasteiger partial charge is 0.160 e. The molecule has 0 fully saturated rings. The van der Waals surface area contributed by atoms with Gasteiger partial charge in [0.05, 0.1) is 22.4 Å². The van der Waals surface area contributed by atoms with Gasteiger partial charge in [0.15, 0.2) is 5.84 Å². The molecular weight excluding hydrogens is 667 g/mol. The first-order chi connectivity index (χ1) is 26.9. The van der Waals surface area contributed by atoms with Crippen LogP contribution in [0.2, 0.25) is 0 Å². The summed E-state index contributed by atoms with van der Waals surface area (Å²) in [6, 6.07) is 61.1. The molecule has 0 bridgehead atoms. The van der Waals surface area contributed by atoms with E-state index in [0.29, 0.717) is 5.84 Å². The molecular formula is C52H41N3. The maximum Gasteiger partial charge on any atom is 0.160 e. The lowest BCUT2D eigenvalue weighted by Gasteiger charge is -2.22. The number of fused-ring (bicyclic) bond motifs is 7. The third kappa shape index (κ3) is 5.26. The van der Waals surface area contributed by atoms with Crippen molar-refractivity contribution in [2.45, 2.75) is 33.1 Å². The highest BCUT2D eigenvalue weighted by atomic mass is 15.0. The molecule has 55 heavy (non-hydrogen) atoms. The molecule has 1 unspecified atom stereocenters. The van der Waals surface area contributed by atoms with Crippen LogP contribution in [0.3, 0.4) is 0 Å². The van der Waals surface area contributed by atoms with Gasteiger partial charge in [-0.25, -0.2) is 9.98 Å². The number of allylic oxidation sites excluding steroid dienone is 1. The summed E-state index contributed by atoms with van der Waals surface area (Å²) in [5, 5.41) is 2.59. The lowest BCUT2D eigenvalue weighted by Crippen LogP contribution is -2.15. The van der Waals surface area contributed by atoms with Crippen LogP contribution in [0.15, 0.2) is 185 Å². The molecule has 2 aliphatic rings. The predicted molar refractivity (Wildman–Crippen MR) is 231 cm³/mol. The van der Waals surface area contributed by atoms with E-state index < -0.39 is 0 Å². The van der Waals surface area contributed by atoms with Crippen LogP contribution in [0.25, 0.3) is 55.4 Å². The number of benzene rings is 7. The Bertz CT molecular complexity index is 2900. The standard InChI is InChI=1S/C52H41N3/c1-33-34(2)50(38-22-15-21-37(31-38)35-17-7-5-8-18-35)54-51(53-49(33)36-19-9-6-10-20-36)39-23-16-24-40(32-39)55-45-28-14-12-26-43(45)47-46(55)30-29-42-41-25-11-13-27-44(41)52(3,4)48(42)47/h5-32,34H,1-4H3. The summed E-state index contributed by atoms with van der Waals surface area (Å²) in [5.74, 6) is 0.750. The lowest BCUT2D eigenvalue weighted by atomic mass is 9.80. The van der Waals surface area contributed by atoms with Crippen molar-refractivity contribution < 1.29 is 0 Å². The maximum absolute atomic E-state index is 5.51. The van der Waals surface area contributed by atoms with E-state index in [1.165, 1.54) is 60.8 Å². The maximum atomic E-state index is 5.51. The number of para-hydroxylation sites is 1. The minimum absolute atomic E-state index is 0.0394. The second kappa shape index (κ2) is 12.8. The quantitative estimate of drug-likeness (QED) is 0.170. The number of nitrogens with zero attached hydrogens (tertiary/aromatic N) is 3. The molecule has 0 spiro atoms. The predicted octanol–water partition coefficient (Wildman–Crippen LogP) is 13.1. The summed E-state index contributed by atoms with van der Waals surface area (Å²) in [4.78, 5) is 10.9. The summed E-state index contributed by atoms with van der Waals surface area (Å²) >= 11 is 0. The first-order valence-corrected chi connectivity index (χ1v) is 19.2. The molecule has 3 nitrogen and oxygen atoms in total. The number of rotatable bonds is 5. The highest BCUT2D eigenvalue weighted by Crippen LogP contribution is 2.53. The van der Waals surface area contributed by atoms with Crippen LogP contribution in [0.1, 0.15) is 55.5 Å². The molecule has 7 aromatic carbocycles. The Labute approximate surface area is 322 Å². The van der Waals surface area contributed by atoms with Gasteiger partial charge in [-0.2, -0.15) is 0 Å². The molecule has 3 heteroatoms. The number of aromatic nitrogens is 1. The fourth-order valence-electron chi connectivity index (χ4n) is 9.05. The van der Waals surface area contributed by atoms with Crippen molar-refractivity contribution in [2.75, 3.05) is 0 Å². The Morgan fingerprint density at radius 2 is 1.18 bits per heavy atom. The Morgan fingerprint density at radius 1 is 0.527 bits per heavy atom. The first-order valence-electron chi connectivity index (χ1n) is 19.2. The average Bonchev–Trinajstić information content (AvgIpc) is 3.64. The van der Waals surface area contributed by atoms with Crippen molar-refractivity contribution in [1.82, 2.24) is 4.57 Å². The van der Waals surface area contributed by atoms with Gasteiger partial charge in [-0.15, -0.1) is 0 Å². The van der Waals surface area contributed by atoms with Crippen molar-refractivity contribution in [3.05, 3.63) is 203 Å². The fraction of sp³-hybridized carbons (Fsp3) is 0.115. The third-order valence-corrected chi connectivity index (χ3v) is 11.9. The van der Waals surface area contributed by atoms with Gasteiger partial charge in [0, 0.05) is 38.9 Å². The number of hydrogen-bond acceptors (Lipinski definition) is 2. The molecule has 8 aromatic rings. The zero-order valence-corrected chi connectivity index (χ0v) is 31.6. The lowest BCUT2D eigenvalue weighted by molar-refractivity contribution is 0.666. The summed E-state index contributed by atoms with van der Waals surface area (Å²) in [7, 11) is 0. The average molecular weight is 708 g/mol. The molecule has 0 amide bonds. The Balaban J connectivity index is 1.17. The SMILES string of the molecule is CC1=C(c2ccccc2)N=C(c2cccc(-n3c4ccccc4c4c5c(ccc43)-c3ccccc3C5(C)C)c2)N=C(c2cccc(-c3ccccc3)c2)C1C. The van der Waals surface area contributed by atoms with Crippen molar-refractivity contribution in [3.8, 4) is 27.9 Å². The number of amidine groups is 1. The number of aliphatic imine (C=N–C) groups is 2. The van der Waals surface area contributed by atoms with Crippen LogP contribution in [0.5, 0.6) is 0 Å². The zero-order valence-electron chi connectivity index (χ0n) is 31.6. The van der Waals surface area contributed by atoms with Crippen LogP contribution >= 0.6 is 0 Å². The Kier molecular flexibility index (Phi) is 7.67. The molecule has 264 valence electrons. The molecule has 1 atom stereocenters. The van der Waals surface area contributed by atoms with Gasteiger partial charge in [-0.05, 0) is 81.8 Å². The minimum atomic E-state index is -0.130. The van der Waals surface area contributed by atoms with Crippen molar-refractivity contribution >= 4 is 39.1 Å². The second-order valence-electron chi connectivity index (χ2n) is 15.5. The van der Waals surface area contributed by atoms with E-state index in [1.54, 1.807) is 0 Å². The van der Waals surface area contributed by atoms with Crippen LogP contribution in [0.4, 0.5) is 0 Å². The van der Waals surface area contributed by atoms with Gasteiger partial charge in [-0.3, -0.25) is 0 Å². The van der Waals surface area contributed by atoms with Crippen molar-refractivity contribution in [2.24, 2.45) is 15.9 Å². The van der Waals surface area contributed by atoms with Crippen molar-refractivity contribution in [1.29, 1.82) is 0 Å². The van der Waals surface area contributed by atoms with E-state index in [-0.39, 0.29) is 11.3 Å². The van der Waals surface area contributed by atoms with Crippen LogP contribution < -0.4 is 0 Å². The molecule has 0 saturated carbocycles. The highest BCUT2D eigenvalue weighted by molar-refractivity contribution is 6.18. The summed E-state index contributed by atoms with van der Waals surface area (Å²) in [5.41, 5.74) is 17.5. The van der Waals surface area contributed by atoms with E-state index in [4.69, 9.17) is 9.98 Å². The molecule has 1 aliphatic heterocycles. The molecule has 1 aromatic heterocycles. The van der Waals surface area contributed by atoms with E-state index in [9.17, 15) is 0 Å². The molecule has 10 rings (SSSR count). The summed E-state index contributed by atoms with van der Waals surface area (Å²) in [6.07, 6.45) is 0. The van der Waals surface area contributed by atoms with Crippen LogP contribution in [0, 0.1) is 5.92 Å². The van der Waals surface area contributed by atoms with E-state index >= 15 is 0 Å². The van der Waals surface area contributed by atoms with Gasteiger partial charge >= 0.3 is 0 Å². The summed E-state index contributed by atoms with van der Waals surface area (Å²) in [6.45, 7) is 9.22. The molecule has 1 aliphatic carbocycles. The fourth-order valence-corrected chi connectivity index (χ4v) is 9.05. The third-order valence-electron chi connectivity index (χ3n) is 11.9. The molecule has 0 N–H and O–H groups in total. The zero-order chi connectivity index (χ0) is 37.3. The van der Waals surface area contributed by atoms with E-state index in [1.807, 2.05) is 0 Å². The Hall–Kier alpha value is -6.58. The summed E-state index contributed by atoms with van der Waals surface area (Å²) < 4.78 is 2.43. The second-order valence-corrected chi connectivity index (χ2v) is 15.5. The largest absolute Gasteiger partial charge is 0.309 e. The van der Waals surface area contributed by atoms with Gasteiger partial charge in [0.25, 0.3) is 0 Å². The van der Waals surface area contributed by atoms with Gasteiger partial charge in [0.2, 0.25) is 0 Å². The number of hydrogen-bond donors (Lipinski definition) is 0. The highest BCUT2D eigenvalue weighted by Gasteiger charge is 2.38. The molecule has 0 saturated heterocycles. The topological polar surface area (TPSA) is 29.6 Å². The monoisotopic (exact) mass is 707 g/mol. The van der Waals surface area contributed by atoms with Gasteiger partial charge in [0.1, 0.15) is 0 Å². The van der Waals surface area contributed by atoms with Gasteiger partial charge in [-0.1, -0.05) is 160 Å². The van der Waals surface area contributed by atoms with Crippen LogP contribution in [-0.4, -0.2) is 16.1 Å².